The molecule has 4 nitrogen and oxygen atoms in total. The molecule has 0 radical (unpaired) electrons. The van der Waals surface area contributed by atoms with Gasteiger partial charge in [0.1, 0.15) is 0 Å². The second-order valence-electron chi connectivity index (χ2n) is 6.46. The highest BCUT2D eigenvalue weighted by Gasteiger charge is 2.41. The Morgan fingerprint density at radius 1 is 1.17 bits per heavy atom. The van der Waals surface area contributed by atoms with E-state index in [1.54, 1.807) is 11.8 Å². The van der Waals surface area contributed by atoms with Crippen LogP contribution in [0.4, 0.5) is 0 Å². The monoisotopic (exact) mass is 333 g/mol. The molecule has 1 aliphatic heterocycles. The van der Waals surface area contributed by atoms with Gasteiger partial charge in [0.2, 0.25) is 5.91 Å². The van der Waals surface area contributed by atoms with E-state index in [1.807, 2.05) is 18.2 Å². The van der Waals surface area contributed by atoms with E-state index in [2.05, 4.69) is 27.7 Å². The molecule has 126 valence electrons. The topological polar surface area (TPSA) is 44.4 Å². The zero-order valence-corrected chi connectivity index (χ0v) is 14.5. The highest BCUT2D eigenvalue weighted by molar-refractivity contribution is 8.01. The first-order valence-electron chi connectivity index (χ1n) is 8.74. The van der Waals surface area contributed by atoms with Crippen LogP contribution in [0.3, 0.4) is 0 Å². The van der Waals surface area contributed by atoms with Crippen LogP contribution in [-0.4, -0.2) is 54.8 Å². The number of hydrogen-bond donors (Lipinski definition) is 2. The summed E-state index contributed by atoms with van der Waals surface area (Å²) in [6.07, 6.45) is 4.30. The Balaban J connectivity index is 1.53. The fraction of sp³-hybridized carbons (Fsp3) is 0.611. The third-order valence-corrected chi connectivity index (χ3v) is 6.30. The molecule has 0 bridgehead atoms. The molecular formula is C18H27N3OS. The lowest BCUT2D eigenvalue weighted by Gasteiger charge is -2.29. The van der Waals surface area contributed by atoms with Gasteiger partial charge in [-0.1, -0.05) is 31.0 Å². The third kappa shape index (κ3) is 4.49. The van der Waals surface area contributed by atoms with Crippen LogP contribution >= 0.6 is 11.8 Å². The van der Waals surface area contributed by atoms with Crippen molar-refractivity contribution in [2.45, 2.75) is 35.3 Å². The molecule has 5 heteroatoms. The van der Waals surface area contributed by atoms with E-state index < -0.39 is 0 Å². The molecule has 0 aromatic heterocycles. The molecule has 3 rings (SSSR count). The number of thioether (sulfide) groups is 1. The first kappa shape index (κ1) is 16.8. The van der Waals surface area contributed by atoms with E-state index in [1.165, 1.54) is 4.90 Å². The van der Waals surface area contributed by atoms with E-state index in [0.29, 0.717) is 0 Å². The Labute approximate surface area is 143 Å². The summed E-state index contributed by atoms with van der Waals surface area (Å²) in [6, 6.07) is 10.3. The van der Waals surface area contributed by atoms with Gasteiger partial charge in [0.15, 0.2) is 0 Å². The Morgan fingerprint density at radius 2 is 1.87 bits per heavy atom. The molecule has 23 heavy (non-hydrogen) atoms. The number of carbonyl (C=O) groups is 1. The summed E-state index contributed by atoms with van der Waals surface area (Å²) < 4.78 is -0.259. The largest absolute Gasteiger partial charge is 0.354 e. The van der Waals surface area contributed by atoms with Gasteiger partial charge in [-0.15, -0.1) is 11.8 Å². The van der Waals surface area contributed by atoms with Crippen LogP contribution < -0.4 is 10.6 Å². The second kappa shape index (κ2) is 8.18. The Hall–Kier alpha value is -1.04. The van der Waals surface area contributed by atoms with Crippen LogP contribution in [0, 0.1) is 0 Å². The number of piperazine rings is 1. The van der Waals surface area contributed by atoms with Crippen molar-refractivity contribution in [3.8, 4) is 0 Å². The van der Waals surface area contributed by atoms with Gasteiger partial charge in [-0.05, 0) is 25.0 Å². The van der Waals surface area contributed by atoms with Crippen molar-refractivity contribution in [1.82, 2.24) is 15.5 Å². The SMILES string of the molecule is O=C(NCCN1CCNCC1)C1(Sc2ccccc2)CCCC1. The highest BCUT2D eigenvalue weighted by Crippen LogP contribution is 2.45. The van der Waals surface area contributed by atoms with Gasteiger partial charge >= 0.3 is 0 Å². The molecule has 1 aromatic carbocycles. The molecule has 1 saturated heterocycles. The van der Waals surface area contributed by atoms with E-state index in [-0.39, 0.29) is 10.7 Å². The summed E-state index contributed by atoms with van der Waals surface area (Å²) in [5, 5.41) is 6.57. The third-order valence-electron chi connectivity index (χ3n) is 4.80. The van der Waals surface area contributed by atoms with Crippen molar-refractivity contribution in [2.75, 3.05) is 39.3 Å². The van der Waals surface area contributed by atoms with Crippen molar-refractivity contribution in [1.29, 1.82) is 0 Å². The summed E-state index contributed by atoms with van der Waals surface area (Å²) in [5.41, 5.74) is 0. The number of rotatable bonds is 6. The smallest absolute Gasteiger partial charge is 0.236 e. The minimum absolute atomic E-state index is 0.235. The lowest BCUT2D eigenvalue weighted by Crippen LogP contribution is -2.48. The van der Waals surface area contributed by atoms with Crippen molar-refractivity contribution in [3.05, 3.63) is 30.3 Å². The first-order chi connectivity index (χ1) is 11.3. The van der Waals surface area contributed by atoms with Gasteiger partial charge < -0.3 is 10.6 Å². The molecule has 0 atom stereocenters. The van der Waals surface area contributed by atoms with Crippen LogP contribution in [0.5, 0.6) is 0 Å². The quantitative estimate of drug-likeness (QED) is 0.837. The van der Waals surface area contributed by atoms with Gasteiger partial charge in [0, 0.05) is 44.2 Å². The number of benzene rings is 1. The second-order valence-corrected chi connectivity index (χ2v) is 7.92. The molecule has 2 aliphatic rings. The molecule has 0 spiro atoms. The average Bonchev–Trinajstić information content (AvgIpc) is 3.06. The molecule has 1 aliphatic carbocycles. The molecule has 0 unspecified atom stereocenters. The zero-order valence-electron chi connectivity index (χ0n) is 13.7. The predicted molar refractivity (Wildman–Crippen MR) is 95.8 cm³/mol. The molecular weight excluding hydrogens is 306 g/mol. The van der Waals surface area contributed by atoms with Gasteiger partial charge in [0.25, 0.3) is 0 Å². The molecule has 2 fully saturated rings. The number of carbonyl (C=O) groups excluding carboxylic acids is 1. The van der Waals surface area contributed by atoms with Gasteiger partial charge in [-0.2, -0.15) is 0 Å². The van der Waals surface area contributed by atoms with E-state index in [4.69, 9.17) is 0 Å². The minimum atomic E-state index is -0.259. The summed E-state index contributed by atoms with van der Waals surface area (Å²) in [6.45, 7) is 6.00. The fourth-order valence-electron chi connectivity index (χ4n) is 3.46. The number of amides is 1. The van der Waals surface area contributed by atoms with Crippen molar-refractivity contribution in [3.63, 3.8) is 0 Å². The lowest BCUT2D eigenvalue weighted by atomic mass is 10.1. The van der Waals surface area contributed by atoms with Gasteiger partial charge in [-0.3, -0.25) is 9.69 Å². The maximum Gasteiger partial charge on any atom is 0.236 e. The summed E-state index contributed by atoms with van der Waals surface area (Å²) in [7, 11) is 0. The van der Waals surface area contributed by atoms with Crippen LogP contribution in [0.25, 0.3) is 0 Å². The summed E-state index contributed by atoms with van der Waals surface area (Å²) in [5.74, 6) is 0.235. The van der Waals surface area contributed by atoms with Crippen molar-refractivity contribution in [2.24, 2.45) is 0 Å². The zero-order chi connectivity index (χ0) is 16.0. The highest BCUT2D eigenvalue weighted by atomic mass is 32.2. The predicted octanol–water partition coefficient (Wildman–Crippen LogP) is 2.11. The fourth-order valence-corrected chi connectivity index (χ4v) is 4.86. The Kier molecular flexibility index (Phi) is 5.97. The van der Waals surface area contributed by atoms with Crippen molar-refractivity contribution >= 4 is 17.7 Å². The molecule has 1 amide bonds. The Bertz CT molecular complexity index is 496. The van der Waals surface area contributed by atoms with E-state index in [9.17, 15) is 4.79 Å². The van der Waals surface area contributed by atoms with Gasteiger partial charge in [0.05, 0.1) is 4.75 Å². The van der Waals surface area contributed by atoms with Crippen LogP contribution in [0.2, 0.25) is 0 Å². The number of nitrogens with zero attached hydrogens (tertiary/aromatic N) is 1. The Morgan fingerprint density at radius 3 is 2.57 bits per heavy atom. The summed E-state index contributed by atoms with van der Waals surface area (Å²) >= 11 is 1.76. The first-order valence-corrected chi connectivity index (χ1v) is 9.56. The molecule has 1 heterocycles. The molecule has 1 aromatic rings. The molecule has 2 N–H and O–H groups in total. The standard InChI is InChI=1S/C18H27N3OS/c22-17(20-12-15-21-13-10-19-11-14-21)18(8-4-5-9-18)23-16-6-2-1-3-7-16/h1-3,6-7,19H,4-5,8-15H2,(H,20,22). The van der Waals surface area contributed by atoms with Gasteiger partial charge in [-0.25, -0.2) is 0 Å². The van der Waals surface area contributed by atoms with E-state index in [0.717, 1.165) is 65.0 Å². The van der Waals surface area contributed by atoms with Crippen LogP contribution in [0.15, 0.2) is 35.2 Å². The molecule has 1 saturated carbocycles. The maximum absolute atomic E-state index is 12.9. The van der Waals surface area contributed by atoms with Crippen LogP contribution in [-0.2, 0) is 4.79 Å². The number of nitrogens with one attached hydrogen (secondary N) is 2. The minimum Gasteiger partial charge on any atom is -0.354 e. The van der Waals surface area contributed by atoms with Crippen molar-refractivity contribution < 1.29 is 4.79 Å². The number of hydrogen-bond acceptors (Lipinski definition) is 4. The normalized spacial score (nSPS) is 21.2. The lowest BCUT2D eigenvalue weighted by molar-refractivity contribution is -0.123. The summed E-state index contributed by atoms with van der Waals surface area (Å²) in [4.78, 5) is 16.5. The maximum atomic E-state index is 12.9. The van der Waals surface area contributed by atoms with E-state index >= 15 is 0 Å². The van der Waals surface area contributed by atoms with Crippen LogP contribution in [0.1, 0.15) is 25.7 Å². The average molecular weight is 334 g/mol.